The van der Waals surface area contributed by atoms with Crippen LogP contribution in [-0.2, 0) is 4.74 Å². The zero-order valence-electron chi connectivity index (χ0n) is 14.2. The zero-order valence-corrected chi connectivity index (χ0v) is 14.2. The third-order valence-electron chi connectivity index (χ3n) is 6.43. The Morgan fingerprint density at radius 2 is 1.96 bits per heavy atom. The summed E-state index contributed by atoms with van der Waals surface area (Å²) in [5.74, 6) is 1.13. The predicted octanol–water partition coefficient (Wildman–Crippen LogP) is 3.15. The number of rotatable bonds is 2. The maximum absolute atomic E-state index is 12.7. The number of benzene rings is 1. The van der Waals surface area contributed by atoms with E-state index < -0.39 is 5.97 Å². The molecule has 5 heteroatoms. The highest BCUT2D eigenvalue weighted by Gasteiger charge is 2.57. The Bertz CT molecular complexity index is 870. The first-order valence-electron chi connectivity index (χ1n) is 8.58. The third kappa shape index (κ3) is 2.10. The van der Waals surface area contributed by atoms with Gasteiger partial charge in [0.2, 0.25) is 0 Å². The summed E-state index contributed by atoms with van der Waals surface area (Å²) in [6.07, 6.45) is 2.08. The number of hydrogen-bond donors (Lipinski definition) is 1. The van der Waals surface area contributed by atoms with Gasteiger partial charge in [-0.2, -0.15) is 5.10 Å². The molecule has 1 heterocycles. The Hall–Kier alpha value is -2.17. The van der Waals surface area contributed by atoms with Gasteiger partial charge in [-0.1, -0.05) is 39.0 Å². The van der Waals surface area contributed by atoms with Crippen molar-refractivity contribution in [3.63, 3.8) is 0 Å². The third-order valence-corrected chi connectivity index (χ3v) is 6.43. The minimum Gasteiger partial charge on any atom is -0.457 e. The van der Waals surface area contributed by atoms with Crippen LogP contribution >= 0.6 is 0 Å². The van der Waals surface area contributed by atoms with E-state index in [0.717, 1.165) is 6.42 Å². The molecule has 3 aliphatic carbocycles. The molecule has 1 aromatic carbocycles. The van der Waals surface area contributed by atoms with Gasteiger partial charge in [-0.15, -0.1) is 0 Å². The number of esters is 1. The Morgan fingerprint density at radius 3 is 2.62 bits per heavy atom. The van der Waals surface area contributed by atoms with Crippen molar-refractivity contribution in [2.24, 2.45) is 23.2 Å². The number of ether oxygens (including phenoxy) is 1. The Morgan fingerprint density at radius 1 is 1.25 bits per heavy atom. The van der Waals surface area contributed by atoms with Crippen molar-refractivity contribution < 1.29 is 9.53 Å². The molecule has 0 radical (unpaired) electrons. The van der Waals surface area contributed by atoms with Gasteiger partial charge in [0.15, 0.2) is 5.69 Å². The smallest absolute Gasteiger partial charge is 0.359 e. The zero-order chi connectivity index (χ0) is 17.1. The topological polar surface area (TPSA) is 72.0 Å². The number of hydrogen-bond acceptors (Lipinski definition) is 4. The van der Waals surface area contributed by atoms with Crippen LogP contribution in [0.4, 0.5) is 0 Å². The molecule has 0 amide bonds. The Balaban J connectivity index is 1.60. The SMILES string of the molecule is CC1C(OC(=O)c2n[nH]c(=O)c3ccccc23)CC2CC1C2(C)C. The van der Waals surface area contributed by atoms with Crippen LogP contribution in [0.2, 0.25) is 0 Å². The monoisotopic (exact) mass is 326 g/mol. The van der Waals surface area contributed by atoms with Crippen LogP contribution in [0.15, 0.2) is 29.1 Å². The standard InChI is InChI=1S/C19H22N2O3/c1-10-14-8-11(19(14,2)3)9-15(10)24-18(23)16-12-6-4-5-7-13(12)17(22)21-20-16/h4-7,10-11,14-15H,8-9H2,1-3H3,(H,21,22). The second-order valence-electron chi connectivity index (χ2n) is 7.85. The average molecular weight is 326 g/mol. The number of nitrogens with zero attached hydrogens (tertiary/aromatic N) is 1. The molecule has 2 bridgehead atoms. The van der Waals surface area contributed by atoms with Crippen LogP contribution in [0.3, 0.4) is 0 Å². The van der Waals surface area contributed by atoms with Crippen molar-refractivity contribution in [1.82, 2.24) is 10.2 Å². The molecule has 3 fully saturated rings. The van der Waals surface area contributed by atoms with Crippen molar-refractivity contribution in [2.45, 2.75) is 39.7 Å². The summed E-state index contributed by atoms with van der Waals surface area (Å²) < 4.78 is 5.81. The van der Waals surface area contributed by atoms with Crippen LogP contribution in [0, 0.1) is 23.2 Å². The van der Waals surface area contributed by atoms with E-state index in [2.05, 4.69) is 31.0 Å². The highest BCUT2D eigenvalue weighted by molar-refractivity contribution is 6.02. The highest BCUT2D eigenvalue weighted by atomic mass is 16.5. The fraction of sp³-hybridized carbons (Fsp3) is 0.526. The van der Waals surface area contributed by atoms with E-state index in [1.807, 2.05) is 0 Å². The summed E-state index contributed by atoms with van der Waals surface area (Å²) in [5, 5.41) is 7.34. The molecular formula is C19H22N2O3. The molecule has 2 aromatic rings. The molecule has 24 heavy (non-hydrogen) atoms. The largest absolute Gasteiger partial charge is 0.457 e. The molecule has 5 nitrogen and oxygen atoms in total. The summed E-state index contributed by atoms with van der Waals surface area (Å²) in [7, 11) is 0. The molecule has 5 rings (SSSR count). The minimum absolute atomic E-state index is 0.0678. The first-order chi connectivity index (χ1) is 11.4. The average Bonchev–Trinajstić information content (AvgIpc) is 2.56. The molecule has 1 aromatic heterocycles. The summed E-state index contributed by atoms with van der Waals surface area (Å²) in [6.45, 7) is 6.81. The van der Waals surface area contributed by atoms with Crippen molar-refractivity contribution >= 4 is 16.7 Å². The molecule has 4 unspecified atom stereocenters. The van der Waals surface area contributed by atoms with Crippen LogP contribution in [0.25, 0.3) is 10.8 Å². The molecule has 4 atom stereocenters. The first kappa shape index (κ1) is 15.4. The lowest BCUT2D eigenvalue weighted by molar-refractivity contribution is -0.156. The minimum atomic E-state index is -0.446. The Kier molecular flexibility index (Phi) is 3.31. The second-order valence-corrected chi connectivity index (χ2v) is 7.85. The Labute approximate surface area is 140 Å². The van der Waals surface area contributed by atoms with Crippen molar-refractivity contribution in [3.05, 3.63) is 40.3 Å². The van der Waals surface area contributed by atoms with Crippen LogP contribution in [-0.4, -0.2) is 22.3 Å². The maximum atomic E-state index is 12.7. The van der Waals surface area contributed by atoms with E-state index in [0.29, 0.717) is 33.9 Å². The van der Waals surface area contributed by atoms with Gasteiger partial charge >= 0.3 is 5.97 Å². The van der Waals surface area contributed by atoms with E-state index in [4.69, 9.17) is 4.74 Å². The maximum Gasteiger partial charge on any atom is 0.359 e. The van der Waals surface area contributed by atoms with Gasteiger partial charge in [0.05, 0.1) is 5.39 Å². The summed E-state index contributed by atoms with van der Waals surface area (Å²) in [4.78, 5) is 24.5. The molecule has 3 aliphatic rings. The number of aromatic nitrogens is 2. The van der Waals surface area contributed by atoms with E-state index in [-0.39, 0.29) is 17.4 Å². The fourth-order valence-corrected chi connectivity index (χ4v) is 4.72. The first-order valence-corrected chi connectivity index (χ1v) is 8.58. The second kappa shape index (κ2) is 5.16. The molecule has 3 saturated carbocycles. The van der Waals surface area contributed by atoms with Crippen LogP contribution in [0.5, 0.6) is 0 Å². The normalized spacial score (nSPS) is 30.6. The number of fused-ring (bicyclic) bond motifs is 3. The van der Waals surface area contributed by atoms with Gasteiger partial charge in [0.1, 0.15) is 6.10 Å². The van der Waals surface area contributed by atoms with Crippen molar-refractivity contribution in [1.29, 1.82) is 0 Å². The number of carbonyl (C=O) groups is 1. The summed E-state index contributed by atoms with van der Waals surface area (Å²) >= 11 is 0. The highest BCUT2D eigenvalue weighted by Crippen LogP contribution is 2.61. The lowest BCUT2D eigenvalue weighted by atomic mass is 9.45. The van der Waals surface area contributed by atoms with E-state index >= 15 is 0 Å². The van der Waals surface area contributed by atoms with Crippen molar-refractivity contribution in [3.8, 4) is 0 Å². The van der Waals surface area contributed by atoms with Gasteiger partial charge in [-0.3, -0.25) is 4.79 Å². The predicted molar refractivity (Wildman–Crippen MR) is 90.7 cm³/mol. The van der Waals surface area contributed by atoms with Gasteiger partial charge < -0.3 is 4.74 Å². The molecule has 0 saturated heterocycles. The van der Waals surface area contributed by atoms with Gasteiger partial charge in [-0.05, 0) is 42.1 Å². The van der Waals surface area contributed by atoms with Crippen LogP contribution < -0.4 is 5.56 Å². The molecule has 126 valence electrons. The van der Waals surface area contributed by atoms with Gasteiger partial charge in [0, 0.05) is 5.39 Å². The van der Waals surface area contributed by atoms with Crippen molar-refractivity contribution in [2.75, 3.05) is 0 Å². The summed E-state index contributed by atoms with van der Waals surface area (Å²) in [6, 6.07) is 6.99. The quantitative estimate of drug-likeness (QED) is 0.861. The lowest BCUT2D eigenvalue weighted by Gasteiger charge is -2.61. The van der Waals surface area contributed by atoms with Gasteiger partial charge in [0.25, 0.3) is 5.56 Å². The lowest BCUT2D eigenvalue weighted by Crippen LogP contribution is -2.57. The number of carbonyl (C=O) groups excluding carboxylic acids is 1. The molecule has 0 spiro atoms. The van der Waals surface area contributed by atoms with E-state index in [9.17, 15) is 9.59 Å². The fourth-order valence-electron chi connectivity index (χ4n) is 4.72. The number of aromatic amines is 1. The molecule has 1 N–H and O–H groups in total. The summed E-state index contributed by atoms with van der Waals surface area (Å²) in [5.41, 5.74) is 0.248. The molecular weight excluding hydrogens is 304 g/mol. The van der Waals surface area contributed by atoms with Gasteiger partial charge in [-0.25, -0.2) is 9.89 Å². The number of nitrogens with one attached hydrogen (secondary N) is 1. The molecule has 0 aliphatic heterocycles. The van der Waals surface area contributed by atoms with E-state index in [1.165, 1.54) is 6.42 Å². The van der Waals surface area contributed by atoms with E-state index in [1.54, 1.807) is 24.3 Å². The number of H-pyrrole nitrogens is 1. The van der Waals surface area contributed by atoms with Crippen LogP contribution in [0.1, 0.15) is 44.1 Å².